The number of nitrogens with one attached hydrogen (secondary N) is 2. The predicted molar refractivity (Wildman–Crippen MR) is 88.0 cm³/mol. The van der Waals surface area contributed by atoms with E-state index in [1.54, 1.807) is 0 Å². The number of hydrogen-bond donors (Lipinski definition) is 2. The Kier molecular flexibility index (Phi) is 5.81. The number of urea groups is 1. The summed E-state index contributed by atoms with van der Waals surface area (Å²) in [6, 6.07) is 8.04. The number of fused-ring (bicyclic) bond motifs is 1. The first-order chi connectivity index (χ1) is 10.6. The second-order valence-corrected chi connectivity index (χ2v) is 5.80. The maximum Gasteiger partial charge on any atom is 0.321 e. The fraction of sp³-hybridized carbons (Fsp3) is 0.529. The first kappa shape index (κ1) is 16.3. The van der Waals surface area contributed by atoms with E-state index >= 15 is 0 Å². The maximum atomic E-state index is 12.1. The lowest BCUT2D eigenvalue weighted by Gasteiger charge is -2.36. The first-order valence-corrected chi connectivity index (χ1v) is 8.04. The van der Waals surface area contributed by atoms with Gasteiger partial charge in [0, 0.05) is 18.3 Å². The van der Waals surface area contributed by atoms with E-state index in [0.29, 0.717) is 12.6 Å². The Morgan fingerprint density at radius 2 is 2.09 bits per heavy atom. The number of anilines is 1. The first-order valence-electron chi connectivity index (χ1n) is 8.04. The lowest BCUT2D eigenvalue weighted by Crippen LogP contribution is -2.48. The van der Waals surface area contributed by atoms with Crippen LogP contribution in [0.3, 0.4) is 0 Å². The van der Waals surface area contributed by atoms with E-state index in [1.807, 2.05) is 18.2 Å². The number of carbonyl (C=O) groups is 2. The number of nitrogens with zero attached hydrogens (tertiary/aromatic N) is 1. The Hall–Kier alpha value is -2.04. The van der Waals surface area contributed by atoms with Gasteiger partial charge in [0.2, 0.25) is 5.91 Å². The van der Waals surface area contributed by atoms with Crippen LogP contribution in [0, 0.1) is 0 Å². The molecule has 0 aliphatic carbocycles. The Morgan fingerprint density at radius 1 is 1.32 bits per heavy atom. The molecule has 1 aliphatic heterocycles. The second-order valence-electron chi connectivity index (χ2n) is 5.80. The number of rotatable bonds is 5. The smallest absolute Gasteiger partial charge is 0.321 e. The number of aryl methyl sites for hydroxylation is 1. The number of para-hydroxylation sites is 1. The summed E-state index contributed by atoms with van der Waals surface area (Å²) in [5, 5.41) is 5.10. The molecule has 0 aromatic heterocycles. The molecule has 5 nitrogen and oxygen atoms in total. The molecule has 0 spiro atoms. The molecular formula is C17H25N3O2. The van der Waals surface area contributed by atoms with Crippen molar-refractivity contribution in [2.24, 2.45) is 0 Å². The van der Waals surface area contributed by atoms with Crippen LogP contribution in [0.2, 0.25) is 0 Å². The van der Waals surface area contributed by atoms with Gasteiger partial charge in [-0.15, -0.1) is 0 Å². The van der Waals surface area contributed by atoms with E-state index < -0.39 is 6.03 Å². The van der Waals surface area contributed by atoms with Crippen molar-refractivity contribution in [2.45, 2.75) is 45.6 Å². The standard InChI is InChI=1S/C17H25N3O2/c1-3-4-11-18-17(22)19-16(21)12-20-13(2)9-10-14-7-5-6-8-15(14)20/h5-8,13H,3-4,9-12H2,1-2H3,(H2,18,19,21,22)/t13-/m1/s1. The van der Waals surface area contributed by atoms with Gasteiger partial charge in [0.1, 0.15) is 0 Å². The molecule has 0 bridgehead atoms. The summed E-state index contributed by atoms with van der Waals surface area (Å²) in [5.74, 6) is -0.266. The molecule has 1 heterocycles. The van der Waals surface area contributed by atoms with Gasteiger partial charge in [0.25, 0.3) is 0 Å². The van der Waals surface area contributed by atoms with Crippen molar-refractivity contribution in [1.82, 2.24) is 10.6 Å². The van der Waals surface area contributed by atoms with E-state index in [4.69, 9.17) is 0 Å². The summed E-state index contributed by atoms with van der Waals surface area (Å²) in [5.41, 5.74) is 2.36. The minimum Gasteiger partial charge on any atom is -0.359 e. The molecule has 1 aliphatic rings. The number of amides is 3. The van der Waals surface area contributed by atoms with E-state index in [2.05, 4.69) is 35.4 Å². The van der Waals surface area contributed by atoms with Gasteiger partial charge in [0.15, 0.2) is 0 Å². The van der Waals surface area contributed by atoms with Crippen LogP contribution in [0.25, 0.3) is 0 Å². The van der Waals surface area contributed by atoms with Gasteiger partial charge in [-0.3, -0.25) is 10.1 Å². The highest BCUT2D eigenvalue weighted by Crippen LogP contribution is 2.29. The van der Waals surface area contributed by atoms with Crippen molar-refractivity contribution in [1.29, 1.82) is 0 Å². The van der Waals surface area contributed by atoms with Crippen LogP contribution in [-0.2, 0) is 11.2 Å². The lowest BCUT2D eigenvalue weighted by atomic mass is 9.97. The van der Waals surface area contributed by atoms with Crippen molar-refractivity contribution in [3.63, 3.8) is 0 Å². The van der Waals surface area contributed by atoms with Crippen LogP contribution in [0.4, 0.5) is 10.5 Å². The van der Waals surface area contributed by atoms with Gasteiger partial charge in [-0.1, -0.05) is 31.5 Å². The number of hydrogen-bond acceptors (Lipinski definition) is 3. The van der Waals surface area contributed by atoms with Gasteiger partial charge in [0.05, 0.1) is 6.54 Å². The summed E-state index contributed by atoms with van der Waals surface area (Å²) in [4.78, 5) is 25.8. The zero-order chi connectivity index (χ0) is 15.9. The molecule has 0 radical (unpaired) electrons. The minimum atomic E-state index is -0.406. The molecule has 3 amide bonds. The van der Waals surface area contributed by atoms with Crippen LogP contribution in [0.1, 0.15) is 38.7 Å². The highest BCUT2D eigenvalue weighted by molar-refractivity contribution is 5.96. The Labute approximate surface area is 132 Å². The third kappa shape index (κ3) is 4.23. The molecule has 1 aromatic rings. The van der Waals surface area contributed by atoms with Crippen molar-refractivity contribution in [3.8, 4) is 0 Å². The van der Waals surface area contributed by atoms with E-state index in [0.717, 1.165) is 31.4 Å². The Morgan fingerprint density at radius 3 is 2.86 bits per heavy atom. The average molecular weight is 303 g/mol. The van der Waals surface area contributed by atoms with Gasteiger partial charge < -0.3 is 10.2 Å². The molecule has 1 aromatic carbocycles. The average Bonchev–Trinajstić information content (AvgIpc) is 2.50. The van der Waals surface area contributed by atoms with Crippen molar-refractivity contribution in [3.05, 3.63) is 29.8 Å². The quantitative estimate of drug-likeness (QED) is 0.821. The number of unbranched alkanes of at least 4 members (excludes halogenated alkanes) is 1. The zero-order valence-corrected chi connectivity index (χ0v) is 13.4. The molecule has 120 valence electrons. The Balaban J connectivity index is 1.92. The zero-order valence-electron chi connectivity index (χ0n) is 13.4. The molecular weight excluding hydrogens is 278 g/mol. The molecule has 2 N–H and O–H groups in total. The van der Waals surface area contributed by atoms with Crippen molar-refractivity contribution < 1.29 is 9.59 Å². The normalized spacial score (nSPS) is 16.8. The third-order valence-corrected chi connectivity index (χ3v) is 4.05. The molecule has 5 heteroatoms. The largest absolute Gasteiger partial charge is 0.359 e. The SMILES string of the molecule is CCCCNC(=O)NC(=O)CN1c2ccccc2CC[C@H]1C. The summed E-state index contributed by atoms with van der Waals surface area (Å²) in [6.07, 6.45) is 3.98. The maximum absolute atomic E-state index is 12.1. The monoisotopic (exact) mass is 303 g/mol. The molecule has 0 unspecified atom stereocenters. The lowest BCUT2D eigenvalue weighted by molar-refractivity contribution is -0.118. The summed E-state index contributed by atoms with van der Waals surface area (Å²) >= 11 is 0. The van der Waals surface area contributed by atoms with E-state index in [9.17, 15) is 9.59 Å². The fourth-order valence-electron chi connectivity index (χ4n) is 2.74. The number of carbonyl (C=O) groups excluding carboxylic acids is 2. The molecule has 0 saturated carbocycles. The number of imide groups is 1. The topological polar surface area (TPSA) is 61.4 Å². The molecule has 0 saturated heterocycles. The molecule has 22 heavy (non-hydrogen) atoms. The van der Waals surface area contributed by atoms with E-state index in [1.165, 1.54) is 5.56 Å². The molecule has 2 rings (SSSR count). The highest BCUT2D eigenvalue weighted by atomic mass is 16.2. The van der Waals surface area contributed by atoms with Crippen LogP contribution in [0.15, 0.2) is 24.3 Å². The van der Waals surface area contributed by atoms with Crippen molar-refractivity contribution >= 4 is 17.6 Å². The van der Waals surface area contributed by atoms with Crippen LogP contribution < -0.4 is 15.5 Å². The van der Waals surface area contributed by atoms with Crippen LogP contribution in [0.5, 0.6) is 0 Å². The fourth-order valence-corrected chi connectivity index (χ4v) is 2.74. The predicted octanol–water partition coefficient (Wildman–Crippen LogP) is 2.45. The van der Waals surface area contributed by atoms with Crippen molar-refractivity contribution in [2.75, 3.05) is 18.0 Å². The van der Waals surface area contributed by atoms with E-state index in [-0.39, 0.29) is 12.5 Å². The van der Waals surface area contributed by atoms with Gasteiger partial charge in [-0.2, -0.15) is 0 Å². The molecule has 1 atom stereocenters. The summed E-state index contributed by atoms with van der Waals surface area (Å²) in [7, 11) is 0. The summed E-state index contributed by atoms with van der Waals surface area (Å²) < 4.78 is 0. The Bertz CT molecular complexity index is 530. The van der Waals surface area contributed by atoms with Gasteiger partial charge >= 0.3 is 6.03 Å². The van der Waals surface area contributed by atoms with Crippen LogP contribution in [-0.4, -0.2) is 31.1 Å². The van der Waals surface area contributed by atoms with Gasteiger partial charge in [-0.25, -0.2) is 4.79 Å². The summed E-state index contributed by atoms with van der Waals surface area (Å²) in [6.45, 7) is 4.97. The minimum absolute atomic E-state index is 0.208. The molecule has 0 fully saturated rings. The van der Waals surface area contributed by atoms with Gasteiger partial charge in [-0.05, 0) is 37.8 Å². The van der Waals surface area contributed by atoms with Crippen LogP contribution >= 0.6 is 0 Å². The number of benzene rings is 1. The second kappa shape index (κ2) is 7.82. The third-order valence-electron chi connectivity index (χ3n) is 4.05. The highest BCUT2D eigenvalue weighted by Gasteiger charge is 2.24.